The van der Waals surface area contributed by atoms with Crippen molar-refractivity contribution in [2.45, 2.75) is 24.9 Å². The Bertz CT molecular complexity index is 1190. The number of ether oxygens (including phenoxy) is 1. The zero-order chi connectivity index (χ0) is 23.3. The molecule has 0 bridgehead atoms. The van der Waals surface area contributed by atoms with Gasteiger partial charge >= 0.3 is 0 Å². The number of rotatable bonds is 7. The number of carbonyl (C=O) groups excluding carboxylic acids is 1. The van der Waals surface area contributed by atoms with E-state index in [1.54, 1.807) is 29.4 Å². The van der Waals surface area contributed by atoms with Crippen molar-refractivity contribution in [1.29, 1.82) is 0 Å². The minimum atomic E-state index is -3.61. The predicted molar refractivity (Wildman–Crippen MR) is 125 cm³/mol. The maximum absolute atomic E-state index is 13.5. The Morgan fingerprint density at radius 2 is 1.73 bits per heavy atom. The third-order valence-electron chi connectivity index (χ3n) is 5.71. The number of carbonyl (C=O) groups is 1. The van der Waals surface area contributed by atoms with Crippen LogP contribution in [0.5, 0.6) is 0 Å². The quantitative estimate of drug-likeness (QED) is 0.535. The number of hydrogen-bond donors (Lipinski definition) is 0. The van der Waals surface area contributed by atoms with Crippen molar-refractivity contribution in [2.24, 2.45) is 0 Å². The Kier molecular flexibility index (Phi) is 7.17. The standard InChI is InChI=1S/C25H27N3O4S/c1-20-5-2-3-7-23(20)19-27(18-21-6-4-12-26-17-21)25(29)22-8-10-24(11-9-22)33(30,31)28-13-15-32-16-14-28/h2-12,17H,13-16,18-19H2,1H3. The molecule has 1 amide bonds. The molecule has 1 aromatic heterocycles. The second kappa shape index (κ2) is 10.2. The maximum Gasteiger partial charge on any atom is 0.254 e. The van der Waals surface area contributed by atoms with E-state index < -0.39 is 10.0 Å². The highest BCUT2D eigenvalue weighted by Gasteiger charge is 2.27. The lowest BCUT2D eigenvalue weighted by atomic mass is 10.1. The fourth-order valence-corrected chi connectivity index (χ4v) is 5.20. The van der Waals surface area contributed by atoms with Crippen LogP contribution < -0.4 is 0 Å². The van der Waals surface area contributed by atoms with Crippen molar-refractivity contribution >= 4 is 15.9 Å². The van der Waals surface area contributed by atoms with Crippen LogP contribution in [0.25, 0.3) is 0 Å². The number of hydrogen-bond acceptors (Lipinski definition) is 5. The van der Waals surface area contributed by atoms with E-state index in [-0.39, 0.29) is 10.8 Å². The Morgan fingerprint density at radius 1 is 1.00 bits per heavy atom. The van der Waals surface area contributed by atoms with Crippen LogP contribution in [0.15, 0.2) is 78.0 Å². The van der Waals surface area contributed by atoms with Gasteiger partial charge in [0, 0.05) is 44.1 Å². The van der Waals surface area contributed by atoms with Crippen LogP contribution >= 0.6 is 0 Å². The van der Waals surface area contributed by atoms with Gasteiger partial charge in [-0.15, -0.1) is 0 Å². The summed E-state index contributed by atoms with van der Waals surface area (Å²) >= 11 is 0. The first-order valence-electron chi connectivity index (χ1n) is 10.9. The van der Waals surface area contributed by atoms with Crippen LogP contribution in [-0.2, 0) is 27.8 Å². The van der Waals surface area contributed by atoms with Crippen molar-refractivity contribution in [3.05, 3.63) is 95.3 Å². The second-order valence-electron chi connectivity index (χ2n) is 7.99. The fraction of sp³-hybridized carbons (Fsp3) is 0.280. The highest BCUT2D eigenvalue weighted by atomic mass is 32.2. The molecule has 172 valence electrons. The normalized spacial score (nSPS) is 14.7. The van der Waals surface area contributed by atoms with E-state index in [0.717, 1.165) is 16.7 Å². The minimum Gasteiger partial charge on any atom is -0.379 e. The van der Waals surface area contributed by atoms with Gasteiger partial charge in [0.1, 0.15) is 0 Å². The number of amides is 1. The maximum atomic E-state index is 13.5. The molecule has 2 aromatic carbocycles. The number of benzene rings is 2. The van der Waals surface area contributed by atoms with E-state index in [1.165, 1.54) is 16.4 Å². The first kappa shape index (κ1) is 23.1. The molecule has 0 unspecified atom stereocenters. The summed E-state index contributed by atoms with van der Waals surface area (Å²) in [7, 11) is -3.61. The van der Waals surface area contributed by atoms with E-state index in [2.05, 4.69) is 4.98 Å². The molecule has 2 heterocycles. The van der Waals surface area contributed by atoms with Gasteiger partial charge in [-0.25, -0.2) is 8.42 Å². The molecule has 7 nitrogen and oxygen atoms in total. The zero-order valence-electron chi connectivity index (χ0n) is 18.6. The predicted octanol–water partition coefficient (Wildman–Crippen LogP) is 3.25. The number of aromatic nitrogens is 1. The highest BCUT2D eigenvalue weighted by Crippen LogP contribution is 2.20. The average molecular weight is 466 g/mol. The zero-order valence-corrected chi connectivity index (χ0v) is 19.4. The molecule has 1 fully saturated rings. The summed E-state index contributed by atoms with van der Waals surface area (Å²) in [5, 5.41) is 0. The summed E-state index contributed by atoms with van der Waals surface area (Å²) < 4.78 is 32.5. The lowest BCUT2D eigenvalue weighted by Crippen LogP contribution is -2.40. The summed E-state index contributed by atoms with van der Waals surface area (Å²) in [5.41, 5.74) is 3.52. The molecule has 3 aromatic rings. The van der Waals surface area contributed by atoms with Crippen molar-refractivity contribution in [3.63, 3.8) is 0 Å². The number of aryl methyl sites for hydroxylation is 1. The molecule has 33 heavy (non-hydrogen) atoms. The molecule has 0 atom stereocenters. The molecule has 1 aliphatic rings. The smallest absolute Gasteiger partial charge is 0.254 e. The van der Waals surface area contributed by atoms with Crippen LogP contribution in [0.4, 0.5) is 0 Å². The summed E-state index contributed by atoms with van der Waals surface area (Å²) in [6, 6.07) is 17.9. The average Bonchev–Trinajstić information content (AvgIpc) is 2.86. The summed E-state index contributed by atoms with van der Waals surface area (Å²) in [4.78, 5) is 19.5. The number of sulfonamides is 1. The van der Waals surface area contributed by atoms with Crippen LogP contribution in [-0.4, -0.2) is 54.8 Å². The molecular formula is C25H27N3O4S. The molecule has 0 saturated carbocycles. The van der Waals surface area contributed by atoms with Gasteiger partial charge in [0.15, 0.2) is 0 Å². The third kappa shape index (κ3) is 5.47. The van der Waals surface area contributed by atoms with Gasteiger partial charge < -0.3 is 9.64 Å². The lowest BCUT2D eigenvalue weighted by molar-refractivity contribution is 0.0729. The van der Waals surface area contributed by atoms with E-state index >= 15 is 0 Å². The molecule has 8 heteroatoms. The van der Waals surface area contributed by atoms with E-state index in [1.807, 2.05) is 43.3 Å². The Hall–Kier alpha value is -3.07. The minimum absolute atomic E-state index is 0.169. The number of pyridine rings is 1. The summed E-state index contributed by atoms with van der Waals surface area (Å²) in [5.74, 6) is -0.169. The van der Waals surface area contributed by atoms with Crippen LogP contribution in [0.2, 0.25) is 0 Å². The fourth-order valence-electron chi connectivity index (χ4n) is 3.79. The molecular weight excluding hydrogens is 438 g/mol. The Labute approximate surface area is 194 Å². The van der Waals surface area contributed by atoms with Gasteiger partial charge in [0.2, 0.25) is 10.0 Å². The summed E-state index contributed by atoms with van der Waals surface area (Å²) in [6.07, 6.45) is 3.45. The van der Waals surface area contributed by atoms with Gasteiger partial charge in [0.25, 0.3) is 5.91 Å². The molecule has 4 rings (SSSR count). The topological polar surface area (TPSA) is 79.8 Å². The van der Waals surface area contributed by atoms with Gasteiger partial charge in [-0.05, 0) is 53.9 Å². The van der Waals surface area contributed by atoms with Crippen LogP contribution in [0, 0.1) is 6.92 Å². The van der Waals surface area contributed by atoms with E-state index in [4.69, 9.17) is 4.74 Å². The van der Waals surface area contributed by atoms with Crippen molar-refractivity contribution in [3.8, 4) is 0 Å². The number of nitrogens with zero attached hydrogens (tertiary/aromatic N) is 3. The molecule has 0 spiro atoms. The Morgan fingerprint density at radius 3 is 2.39 bits per heavy atom. The van der Waals surface area contributed by atoms with E-state index in [9.17, 15) is 13.2 Å². The SMILES string of the molecule is Cc1ccccc1CN(Cc1cccnc1)C(=O)c1ccc(S(=O)(=O)N2CCOCC2)cc1. The van der Waals surface area contributed by atoms with Gasteiger partial charge in [-0.3, -0.25) is 9.78 Å². The second-order valence-corrected chi connectivity index (χ2v) is 9.93. The van der Waals surface area contributed by atoms with Crippen LogP contribution in [0.3, 0.4) is 0 Å². The number of morpholine rings is 1. The first-order valence-corrected chi connectivity index (χ1v) is 12.3. The first-order chi connectivity index (χ1) is 15.9. The molecule has 1 saturated heterocycles. The van der Waals surface area contributed by atoms with Gasteiger partial charge in [-0.1, -0.05) is 30.3 Å². The van der Waals surface area contributed by atoms with E-state index in [0.29, 0.717) is 45.0 Å². The highest BCUT2D eigenvalue weighted by molar-refractivity contribution is 7.89. The summed E-state index contributed by atoms with van der Waals surface area (Å²) in [6.45, 7) is 4.29. The molecule has 0 radical (unpaired) electrons. The van der Waals surface area contributed by atoms with Gasteiger partial charge in [0.05, 0.1) is 18.1 Å². The monoisotopic (exact) mass is 465 g/mol. The molecule has 1 aliphatic heterocycles. The van der Waals surface area contributed by atoms with Crippen molar-refractivity contribution in [1.82, 2.24) is 14.2 Å². The van der Waals surface area contributed by atoms with Crippen LogP contribution in [0.1, 0.15) is 27.0 Å². The van der Waals surface area contributed by atoms with Gasteiger partial charge in [-0.2, -0.15) is 4.31 Å². The molecule has 0 aliphatic carbocycles. The van der Waals surface area contributed by atoms with Crippen molar-refractivity contribution < 1.29 is 17.9 Å². The van der Waals surface area contributed by atoms with Crippen molar-refractivity contribution in [2.75, 3.05) is 26.3 Å². The Balaban J connectivity index is 1.58. The molecule has 0 N–H and O–H groups in total. The lowest BCUT2D eigenvalue weighted by Gasteiger charge is -2.26. The third-order valence-corrected chi connectivity index (χ3v) is 7.63. The largest absolute Gasteiger partial charge is 0.379 e.